The van der Waals surface area contributed by atoms with Crippen LogP contribution in [-0.2, 0) is 39.8 Å². The predicted octanol–water partition coefficient (Wildman–Crippen LogP) is 4.04. The van der Waals surface area contributed by atoms with Gasteiger partial charge >= 0.3 is 5.97 Å². The highest BCUT2D eigenvalue weighted by Gasteiger charge is 2.43. The van der Waals surface area contributed by atoms with Gasteiger partial charge in [-0.3, -0.25) is 14.4 Å². The molecule has 1 fully saturated rings. The van der Waals surface area contributed by atoms with Crippen LogP contribution in [0.4, 0.5) is 5.95 Å². The van der Waals surface area contributed by atoms with Crippen LogP contribution in [0.1, 0.15) is 71.6 Å². The first-order chi connectivity index (χ1) is 24.8. The molecule has 1 aromatic carbocycles. The second-order valence-corrected chi connectivity index (χ2v) is 14.3. The summed E-state index contributed by atoms with van der Waals surface area (Å²) in [4.78, 5) is 66.8. The molecule has 1 aromatic heterocycles. The van der Waals surface area contributed by atoms with E-state index in [0.29, 0.717) is 18.9 Å². The zero-order valence-corrected chi connectivity index (χ0v) is 32.6. The number of hydrogen-bond donors (Lipinski definition) is 2. The number of esters is 1. The molecule has 13 heteroatoms. The van der Waals surface area contributed by atoms with Crippen molar-refractivity contribution in [1.29, 1.82) is 0 Å². The van der Waals surface area contributed by atoms with E-state index < -0.39 is 42.2 Å². The van der Waals surface area contributed by atoms with E-state index in [9.17, 15) is 19.2 Å². The lowest BCUT2D eigenvalue weighted by atomic mass is 9.89. The number of nitrogens with zero attached hydrogens (tertiary/aromatic N) is 4. The molecular weight excluding hydrogens is 664 g/mol. The molecule has 1 saturated heterocycles. The average molecular weight is 725 g/mol. The third-order valence-corrected chi connectivity index (χ3v) is 10.4. The Balaban J connectivity index is 1.78. The first-order valence-corrected chi connectivity index (χ1v) is 18.4. The van der Waals surface area contributed by atoms with Crippen molar-refractivity contribution in [3.05, 3.63) is 53.9 Å². The molecule has 8 atom stereocenters. The third kappa shape index (κ3) is 11.0. The molecule has 0 aliphatic carbocycles. The maximum Gasteiger partial charge on any atom is 0.328 e. The summed E-state index contributed by atoms with van der Waals surface area (Å²) >= 11 is 0. The van der Waals surface area contributed by atoms with Crippen molar-refractivity contribution in [2.45, 2.75) is 110 Å². The van der Waals surface area contributed by atoms with Crippen LogP contribution in [0.15, 0.2) is 42.6 Å². The van der Waals surface area contributed by atoms with Crippen molar-refractivity contribution >= 4 is 29.6 Å². The zero-order chi connectivity index (χ0) is 38.5. The lowest BCUT2D eigenvalue weighted by Crippen LogP contribution is -2.56. The highest BCUT2D eigenvalue weighted by molar-refractivity contribution is 5.86. The fraction of sp³-hybridized carbons (Fsp3) is 0.641. The van der Waals surface area contributed by atoms with E-state index in [4.69, 9.17) is 14.2 Å². The minimum Gasteiger partial charge on any atom is -0.467 e. The van der Waals surface area contributed by atoms with Gasteiger partial charge in [-0.25, -0.2) is 14.8 Å². The van der Waals surface area contributed by atoms with Gasteiger partial charge in [0.25, 0.3) is 0 Å². The van der Waals surface area contributed by atoms with Crippen molar-refractivity contribution in [1.82, 2.24) is 25.1 Å². The molecular formula is C39H60N6O7. The summed E-state index contributed by atoms with van der Waals surface area (Å²) < 4.78 is 16.9. The number of ether oxygens (including phenoxy) is 3. The van der Waals surface area contributed by atoms with Crippen LogP contribution in [0.2, 0.25) is 0 Å². The summed E-state index contributed by atoms with van der Waals surface area (Å²) in [6.07, 6.45) is 2.91. The number of rotatable bonds is 19. The molecule has 0 bridgehead atoms. The van der Waals surface area contributed by atoms with Crippen molar-refractivity contribution < 1.29 is 33.4 Å². The number of carbonyl (C=O) groups is 4. The Bertz CT molecular complexity index is 1460. The molecule has 0 spiro atoms. The van der Waals surface area contributed by atoms with E-state index in [2.05, 4.69) is 34.4 Å². The number of aromatic nitrogens is 2. The molecule has 2 aromatic rings. The van der Waals surface area contributed by atoms with Gasteiger partial charge in [0.05, 0.1) is 43.7 Å². The fourth-order valence-electron chi connectivity index (χ4n) is 7.19. The number of likely N-dealkylation sites (tertiary alicyclic amines) is 1. The first kappa shape index (κ1) is 42.3. The van der Waals surface area contributed by atoms with Crippen LogP contribution >= 0.6 is 0 Å². The smallest absolute Gasteiger partial charge is 0.328 e. The normalized spacial score (nSPS) is 18.4. The van der Waals surface area contributed by atoms with Crippen LogP contribution in [0.3, 0.4) is 0 Å². The van der Waals surface area contributed by atoms with Gasteiger partial charge in [-0.15, -0.1) is 0 Å². The maximum absolute atomic E-state index is 14.2. The molecule has 2 heterocycles. The summed E-state index contributed by atoms with van der Waals surface area (Å²) in [6.45, 7) is 12.2. The number of amides is 3. The van der Waals surface area contributed by atoms with Gasteiger partial charge in [-0.05, 0) is 43.2 Å². The number of carbonyl (C=O) groups excluding carboxylic acids is 4. The standard InChI is InChI=1S/C39H60N6O7/c1-11-25(4)34(44(7)37(48)33(24(2)3)43-39-40-20-19-26(5)41-39)31(50-8)23-32(46)45-21-15-18-30(45)35(51-9)27(6)36(47)42-29(38(49)52-10)22-28-16-13-12-14-17-28/h12-14,16-17,19-20,24-25,27,29-31,33-35H,11,15,18,21-23H2,1-10H3,(H,42,47)(H,40,41,43)/t25-,27+,29-,30-,31+,33-,34-,35+/m0/s1. The molecule has 0 unspecified atom stereocenters. The van der Waals surface area contributed by atoms with E-state index in [0.717, 1.165) is 24.1 Å². The summed E-state index contributed by atoms with van der Waals surface area (Å²) in [5.41, 5.74) is 1.67. The molecule has 1 aliphatic heterocycles. The number of benzene rings is 1. The van der Waals surface area contributed by atoms with E-state index in [-0.39, 0.29) is 48.4 Å². The second kappa shape index (κ2) is 20.2. The maximum atomic E-state index is 14.2. The lowest BCUT2D eigenvalue weighted by molar-refractivity contribution is -0.148. The van der Waals surface area contributed by atoms with Crippen molar-refractivity contribution in [3.8, 4) is 0 Å². The molecule has 52 heavy (non-hydrogen) atoms. The Hall–Kier alpha value is -4.10. The quantitative estimate of drug-likeness (QED) is 0.203. The topological polar surface area (TPSA) is 152 Å². The molecule has 3 rings (SSSR count). The summed E-state index contributed by atoms with van der Waals surface area (Å²) in [5.74, 6) is -1.55. The molecule has 2 N–H and O–H groups in total. The van der Waals surface area contributed by atoms with E-state index in [1.165, 1.54) is 14.2 Å². The van der Waals surface area contributed by atoms with Crippen LogP contribution in [0.5, 0.6) is 0 Å². The highest BCUT2D eigenvalue weighted by atomic mass is 16.5. The number of likely N-dealkylation sites (N-methyl/N-ethyl adjacent to an activating group) is 1. The van der Waals surface area contributed by atoms with Crippen molar-refractivity contribution in [2.75, 3.05) is 40.2 Å². The molecule has 1 aliphatic rings. The van der Waals surface area contributed by atoms with E-state index >= 15 is 0 Å². The van der Waals surface area contributed by atoms with Crippen LogP contribution in [-0.4, -0.2) is 115 Å². The number of hydrogen-bond acceptors (Lipinski definition) is 10. The van der Waals surface area contributed by atoms with Crippen LogP contribution in [0.25, 0.3) is 0 Å². The first-order valence-electron chi connectivity index (χ1n) is 18.4. The van der Waals surface area contributed by atoms with Gasteiger partial charge in [-0.1, -0.05) is 71.4 Å². The minimum absolute atomic E-state index is 0.0122. The zero-order valence-electron chi connectivity index (χ0n) is 32.6. The SMILES string of the molecule is CC[C@H](C)[C@@H]([C@@H](CC(=O)N1CCC[C@H]1[C@H](OC)[C@@H](C)C(=O)N[C@@H](Cc1ccccc1)C(=O)OC)OC)N(C)C(=O)[C@@H](Nc1nccc(C)n1)C(C)C. The van der Waals surface area contributed by atoms with Crippen LogP contribution in [0, 0.1) is 24.7 Å². The lowest BCUT2D eigenvalue weighted by Gasteiger charge is -2.40. The monoisotopic (exact) mass is 724 g/mol. The summed E-state index contributed by atoms with van der Waals surface area (Å²) in [5, 5.41) is 6.09. The van der Waals surface area contributed by atoms with Gasteiger partial charge in [0.2, 0.25) is 23.7 Å². The van der Waals surface area contributed by atoms with Gasteiger partial charge in [0.1, 0.15) is 12.1 Å². The summed E-state index contributed by atoms with van der Waals surface area (Å²) in [7, 11) is 6.17. The largest absolute Gasteiger partial charge is 0.467 e. The molecule has 0 radical (unpaired) electrons. The van der Waals surface area contributed by atoms with Crippen molar-refractivity contribution in [2.24, 2.45) is 17.8 Å². The predicted molar refractivity (Wildman–Crippen MR) is 199 cm³/mol. The molecule has 3 amide bonds. The molecule has 288 valence electrons. The van der Waals surface area contributed by atoms with Crippen molar-refractivity contribution in [3.63, 3.8) is 0 Å². The molecule has 13 nitrogen and oxygen atoms in total. The highest BCUT2D eigenvalue weighted by Crippen LogP contribution is 2.30. The number of aryl methyl sites for hydroxylation is 1. The Kier molecular flexibility index (Phi) is 16.5. The average Bonchev–Trinajstić information content (AvgIpc) is 3.62. The number of nitrogens with one attached hydrogen (secondary N) is 2. The van der Waals surface area contributed by atoms with E-state index in [1.54, 1.807) is 43.1 Å². The Morgan fingerprint density at radius 3 is 2.29 bits per heavy atom. The van der Waals surface area contributed by atoms with E-state index in [1.807, 2.05) is 51.1 Å². The Morgan fingerprint density at radius 1 is 1.02 bits per heavy atom. The fourth-order valence-corrected chi connectivity index (χ4v) is 7.19. The van der Waals surface area contributed by atoms with Gasteiger partial charge < -0.3 is 34.6 Å². The van der Waals surface area contributed by atoms with Gasteiger partial charge in [0.15, 0.2) is 0 Å². The number of methoxy groups -OCH3 is 3. The summed E-state index contributed by atoms with van der Waals surface area (Å²) in [6, 6.07) is 8.95. The van der Waals surface area contributed by atoms with Crippen LogP contribution < -0.4 is 10.6 Å². The Morgan fingerprint density at radius 2 is 1.71 bits per heavy atom. The third-order valence-electron chi connectivity index (χ3n) is 10.4. The second-order valence-electron chi connectivity index (χ2n) is 14.3. The van der Waals surface area contributed by atoms with Gasteiger partial charge in [0, 0.05) is 46.1 Å². The molecule has 0 saturated carbocycles. The Labute approximate surface area is 309 Å². The van der Waals surface area contributed by atoms with Gasteiger partial charge in [-0.2, -0.15) is 0 Å². The number of anilines is 1. The minimum atomic E-state index is -0.879.